The molecular formula is C10H8Cl2N2O-2. The summed E-state index contributed by atoms with van der Waals surface area (Å²) in [7, 11) is 0. The van der Waals surface area contributed by atoms with E-state index in [2.05, 4.69) is 4.99 Å². The van der Waals surface area contributed by atoms with Crippen LogP contribution >= 0.6 is 0 Å². The van der Waals surface area contributed by atoms with Crippen LogP contribution in [0, 0.1) is 11.3 Å². The van der Waals surface area contributed by atoms with Gasteiger partial charge >= 0.3 is 0 Å². The Morgan fingerprint density at radius 2 is 2.07 bits per heavy atom. The predicted octanol–water partition coefficient (Wildman–Crippen LogP) is -3.90. The Balaban J connectivity index is 0. The first kappa shape index (κ1) is 16.1. The molecule has 0 saturated carbocycles. The number of hydrogen-bond acceptors (Lipinski definition) is 3. The predicted molar refractivity (Wildman–Crippen MR) is 48.3 cm³/mol. The van der Waals surface area contributed by atoms with E-state index in [0.29, 0.717) is 11.3 Å². The van der Waals surface area contributed by atoms with Gasteiger partial charge in [-0.2, -0.15) is 10.3 Å². The average Bonchev–Trinajstić information content (AvgIpc) is 2.19. The molecule has 0 amide bonds. The van der Waals surface area contributed by atoms with Crippen molar-refractivity contribution >= 4 is 11.8 Å². The van der Waals surface area contributed by atoms with Crippen LogP contribution in [0.15, 0.2) is 23.2 Å². The summed E-state index contributed by atoms with van der Waals surface area (Å²) in [5, 5.41) is 8.62. The maximum absolute atomic E-state index is 10.0. The van der Waals surface area contributed by atoms with Gasteiger partial charge in [-0.05, 0) is 30.2 Å². The normalized spacial score (nSPS) is 7.47. The van der Waals surface area contributed by atoms with Crippen LogP contribution in [0.1, 0.15) is 18.1 Å². The molecule has 0 unspecified atom stereocenters. The average molecular weight is 243 g/mol. The molecule has 1 aromatic rings. The number of isocyanates is 1. The summed E-state index contributed by atoms with van der Waals surface area (Å²) in [5.41, 5.74) is 2.07. The van der Waals surface area contributed by atoms with Crippen LogP contribution < -0.4 is 24.8 Å². The van der Waals surface area contributed by atoms with E-state index in [1.54, 1.807) is 18.2 Å². The smallest absolute Gasteiger partial charge is 0.240 e. The lowest BCUT2D eigenvalue weighted by atomic mass is 10.1. The number of rotatable bonds is 2. The van der Waals surface area contributed by atoms with Gasteiger partial charge in [0.15, 0.2) is 0 Å². The van der Waals surface area contributed by atoms with Gasteiger partial charge < -0.3 is 24.8 Å². The molecule has 0 fully saturated rings. The van der Waals surface area contributed by atoms with Crippen LogP contribution in [0.4, 0.5) is 5.69 Å². The molecule has 0 aliphatic heterocycles. The van der Waals surface area contributed by atoms with Gasteiger partial charge in [0.2, 0.25) is 6.08 Å². The number of nitriles is 1. The van der Waals surface area contributed by atoms with Gasteiger partial charge in [0, 0.05) is 0 Å². The minimum atomic E-state index is 0. The van der Waals surface area contributed by atoms with Crippen molar-refractivity contribution in [3.05, 3.63) is 29.3 Å². The summed E-state index contributed by atoms with van der Waals surface area (Å²) in [6.07, 6.45) is 2.23. The topological polar surface area (TPSA) is 53.2 Å². The molecule has 0 aromatic heterocycles. The highest BCUT2D eigenvalue weighted by molar-refractivity contribution is 5.56. The van der Waals surface area contributed by atoms with Crippen LogP contribution in [-0.2, 0) is 11.2 Å². The van der Waals surface area contributed by atoms with Gasteiger partial charge in [0.1, 0.15) is 0 Å². The van der Waals surface area contributed by atoms with Gasteiger partial charge in [-0.1, -0.05) is 6.92 Å². The van der Waals surface area contributed by atoms with Crippen molar-refractivity contribution in [2.24, 2.45) is 4.99 Å². The standard InChI is InChI=1S/C10H8N2O.2ClH/c1-2-9-5-8(6-11)3-4-10(9)12-7-13;;/h3-5H,2H2,1H3;2*1H/p-2. The summed E-state index contributed by atoms with van der Waals surface area (Å²) in [6, 6.07) is 7.05. The molecule has 0 saturated heterocycles. The van der Waals surface area contributed by atoms with Crippen LogP contribution in [-0.4, -0.2) is 6.08 Å². The summed E-state index contributed by atoms with van der Waals surface area (Å²) in [5.74, 6) is 0. The molecule has 15 heavy (non-hydrogen) atoms. The van der Waals surface area contributed by atoms with Crippen LogP contribution in [0.2, 0.25) is 0 Å². The summed E-state index contributed by atoms with van der Waals surface area (Å²) >= 11 is 0. The number of benzene rings is 1. The molecule has 5 heteroatoms. The number of aryl methyl sites for hydroxylation is 1. The minimum absolute atomic E-state index is 0. The third-order valence-electron chi connectivity index (χ3n) is 1.76. The molecule has 0 radical (unpaired) electrons. The molecule has 0 aliphatic carbocycles. The maximum atomic E-state index is 10.0. The quantitative estimate of drug-likeness (QED) is 0.394. The molecule has 0 spiro atoms. The van der Waals surface area contributed by atoms with Gasteiger partial charge in [0.05, 0.1) is 17.3 Å². The highest BCUT2D eigenvalue weighted by Crippen LogP contribution is 2.20. The van der Waals surface area contributed by atoms with Crippen molar-refractivity contribution in [2.75, 3.05) is 0 Å². The van der Waals surface area contributed by atoms with E-state index in [1.165, 1.54) is 6.08 Å². The molecule has 0 heterocycles. The molecule has 3 nitrogen and oxygen atoms in total. The fourth-order valence-corrected chi connectivity index (χ4v) is 1.10. The Labute approximate surface area is 101 Å². The SMILES string of the molecule is CCc1cc(C#N)ccc1N=C=O.[Cl-].[Cl-]. The Morgan fingerprint density at radius 3 is 2.53 bits per heavy atom. The van der Waals surface area contributed by atoms with Gasteiger partial charge in [-0.25, -0.2) is 4.79 Å². The molecule has 1 aromatic carbocycles. The number of hydrogen-bond donors (Lipinski definition) is 0. The second kappa shape index (κ2) is 8.02. The third-order valence-corrected chi connectivity index (χ3v) is 1.76. The lowest BCUT2D eigenvalue weighted by Crippen LogP contribution is -3.00. The maximum Gasteiger partial charge on any atom is 0.240 e. The first-order chi connectivity index (χ1) is 6.31. The summed E-state index contributed by atoms with van der Waals surface area (Å²) in [6.45, 7) is 1.94. The third kappa shape index (κ3) is 4.14. The Bertz CT molecular complexity index is 406. The molecule has 0 bridgehead atoms. The zero-order valence-corrected chi connectivity index (χ0v) is 9.51. The van der Waals surface area contributed by atoms with E-state index < -0.39 is 0 Å². The lowest BCUT2D eigenvalue weighted by molar-refractivity contribution is -0.001000. The highest BCUT2D eigenvalue weighted by Gasteiger charge is 2.00. The van der Waals surface area contributed by atoms with Crippen LogP contribution in [0.25, 0.3) is 0 Å². The fourth-order valence-electron chi connectivity index (χ4n) is 1.10. The molecule has 80 valence electrons. The second-order valence-corrected chi connectivity index (χ2v) is 2.51. The van der Waals surface area contributed by atoms with E-state index in [1.807, 2.05) is 13.0 Å². The number of carbonyl (C=O) groups excluding carboxylic acids is 1. The van der Waals surface area contributed by atoms with E-state index >= 15 is 0 Å². The zero-order valence-electron chi connectivity index (χ0n) is 8.00. The van der Waals surface area contributed by atoms with Crippen molar-refractivity contribution in [3.63, 3.8) is 0 Å². The molecule has 1 rings (SSSR count). The second-order valence-electron chi connectivity index (χ2n) is 2.51. The van der Waals surface area contributed by atoms with Gasteiger partial charge in [-0.15, -0.1) is 0 Å². The first-order valence-corrected chi connectivity index (χ1v) is 3.92. The van der Waals surface area contributed by atoms with E-state index in [0.717, 1.165) is 12.0 Å². The first-order valence-electron chi connectivity index (χ1n) is 3.92. The van der Waals surface area contributed by atoms with E-state index in [-0.39, 0.29) is 24.8 Å². The van der Waals surface area contributed by atoms with Gasteiger partial charge in [-0.3, -0.25) is 0 Å². The van der Waals surface area contributed by atoms with Crippen molar-refractivity contribution in [1.29, 1.82) is 5.26 Å². The molecule has 0 atom stereocenters. The summed E-state index contributed by atoms with van der Waals surface area (Å²) < 4.78 is 0. The van der Waals surface area contributed by atoms with Crippen molar-refractivity contribution < 1.29 is 29.6 Å². The number of nitrogens with zero attached hydrogens (tertiary/aromatic N) is 2. The van der Waals surface area contributed by atoms with Crippen molar-refractivity contribution in [3.8, 4) is 6.07 Å². The van der Waals surface area contributed by atoms with Crippen LogP contribution in [0.5, 0.6) is 0 Å². The Morgan fingerprint density at radius 1 is 1.40 bits per heavy atom. The largest absolute Gasteiger partial charge is 1.00 e. The Hall–Kier alpha value is -1.33. The van der Waals surface area contributed by atoms with Gasteiger partial charge in [0.25, 0.3) is 0 Å². The van der Waals surface area contributed by atoms with Crippen molar-refractivity contribution in [2.45, 2.75) is 13.3 Å². The fraction of sp³-hybridized carbons (Fsp3) is 0.200. The number of aliphatic imine (C=N–C) groups is 1. The molecular weight excluding hydrogens is 235 g/mol. The van der Waals surface area contributed by atoms with Crippen LogP contribution in [0.3, 0.4) is 0 Å². The zero-order chi connectivity index (χ0) is 9.68. The van der Waals surface area contributed by atoms with E-state index in [9.17, 15) is 4.79 Å². The van der Waals surface area contributed by atoms with E-state index in [4.69, 9.17) is 5.26 Å². The molecule has 0 N–H and O–H groups in total. The lowest BCUT2D eigenvalue weighted by Gasteiger charge is -2.00. The monoisotopic (exact) mass is 242 g/mol. The molecule has 0 aliphatic rings. The van der Waals surface area contributed by atoms with Crippen molar-refractivity contribution in [1.82, 2.24) is 0 Å². The highest BCUT2D eigenvalue weighted by atomic mass is 35.5. The minimum Gasteiger partial charge on any atom is -1.00 e. The Kier molecular flexibility index (Phi) is 8.61. The number of halogens is 2. The summed E-state index contributed by atoms with van der Waals surface area (Å²) in [4.78, 5) is 13.6.